The molecule has 1 amide bonds. The summed E-state index contributed by atoms with van der Waals surface area (Å²) in [6.45, 7) is 4.91. The average molecular weight is 337 g/mol. The van der Waals surface area contributed by atoms with Crippen molar-refractivity contribution in [3.8, 4) is 0 Å². The number of carbonyl (C=O) groups excluding carboxylic acids is 1. The van der Waals surface area contributed by atoms with Crippen LogP contribution in [0.5, 0.6) is 0 Å². The Bertz CT molecular complexity index is 884. The van der Waals surface area contributed by atoms with Crippen LogP contribution in [0.4, 0.5) is 0 Å². The van der Waals surface area contributed by atoms with Gasteiger partial charge in [0.2, 0.25) is 0 Å². The Morgan fingerprint density at radius 1 is 1.17 bits per heavy atom. The third-order valence-corrected chi connectivity index (χ3v) is 5.24. The Morgan fingerprint density at radius 3 is 2.39 bits per heavy atom. The van der Waals surface area contributed by atoms with E-state index in [0.717, 1.165) is 4.57 Å². The number of aromatic nitrogens is 2. The zero-order valence-electron chi connectivity index (χ0n) is 13.5. The first-order valence-electron chi connectivity index (χ1n) is 7.44. The minimum Gasteiger partial charge on any atom is -0.372 e. The van der Waals surface area contributed by atoms with Gasteiger partial charge in [-0.25, -0.2) is 4.79 Å². The number of carbonyl (C=O) groups is 1. The molecule has 0 unspecified atom stereocenters. The molecule has 3 heterocycles. The SMILES string of the molecule is C[C@H]1CN(C(=O)c2cc3c(=O)n(C)c(=O)n(C)c3s2)C[C@H](C)O1. The Hall–Kier alpha value is -1.93. The van der Waals surface area contributed by atoms with Gasteiger partial charge in [-0.3, -0.25) is 18.7 Å². The monoisotopic (exact) mass is 337 g/mol. The van der Waals surface area contributed by atoms with E-state index in [-0.39, 0.29) is 23.7 Å². The van der Waals surface area contributed by atoms with Crippen molar-refractivity contribution < 1.29 is 9.53 Å². The highest BCUT2D eigenvalue weighted by molar-refractivity contribution is 7.20. The number of hydrogen-bond acceptors (Lipinski definition) is 5. The van der Waals surface area contributed by atoms with E-state index < -0.39 is 5.69 Å². The van der Waals surface area contributed by atoms with Crippen molar-refractivity contribution in [2.24, 2.45) is 14.1 Å². The highest BCUT2D eigenvalue weighted by Crippen LogP contribution is 2.24. The number of hydrogen-bond donors (Lipinski definition) is 0. The van der Waals surface area contributed by atoms with Crippen molar-refractivity contribution in [2.75, 3.05) is 13.1 Å². The summed E-state index contributed by atoms with van der Waals surface area (Å²) < 4.78 is 8.11. The van der Waals surface area contributed by atoms with E-state index in [1.807, 2.05) is 13.8 Å². The van der Waals surface area contributed by atoms with Crippen LogP contribution < -0.4 is 11.2 Å². The van der Waals surface area contributed by atoms with Crippen LogP contribution in [0.2, 0.25) is 0 Å². The molecular formula is C15H19N3O4S. The van der Waals surface area contributed by atoms with Crippen LogP contribution in [0.25, 0.3) is 10.2 Å². The fraction of sp³-hybridized carbons (Fsp3) is 0.533. The Morgan fingerprint density at radius 2 is 1.78 bits per heavy atom. The van der Waals surface area contributed by atoms with Crippen molar-refractivity contribution in [3.05, 3.63) is 31.8 Å². The van der Waals surface area contributed by atoms with Gasteiger partial charge >= 0.3 is 5.69 Å². The summed E-state index contributed by atoms with van der Waals surface area (Å²) in [5.74, 6) is -0.122. The van der Waals surface area contributed by atoms with Crippen molar-refractivity contribution in [1.29, 1.82) is 0 Å². The minimum absolute atomic E-state index is 0.0192. The number of rotatable bonds is 1. The lowest BCUT2D eigenvalue weighted by Crippen LogP contribution is -2.48. The molecule has 124 valence electrons. The highest BCUT2D eigenvalue weighted by atomic mass is 32.1. The van der Waals surface area contributed by atoms with Crippen LogP contribution in [0.1, 0.15) is 23.5 Å². The summed E-state index contributed by atoms with van der Waals surface area (Å²) in [5.41, 5.74) is -0.765. The summed E-state index contributed by atoms with van der Waals surface area (Å²) in [6, 6.07) is 1.59. The predicted molar refractivity (Wildman–Crippen MR) is 88.2 cm³/mol. The lowest BCUT2D eigenvalue weighted by molar-refractivity contribution is -0.0585. The molecular weight excluding hydrogens is 318 g/mol. The molecule has 2 aromatic rings. The standard InChI is InChI=1S/C15H19N3O4S/c1-8-6-18(7-9(2)22-8)13(20)11-5-10-12(19)16(3)15(21)17(4)14(10)23-11/h5,8-9H,6-7H2,1-4H3/t8-,9-/m0/s1. The first-order valence-corrected chi connectivity index (χ1v) is 8.25. The third-order valence-electron chi connectivity index (χ3n) is 4.04. The van der Waals surface area contributed by atoms with Crippen molar-refractivity contribution in [3.63, 3.8) is 0 Å². The topological polar surface area (TPSA) is 73.5 Å². The van der Waals surface area contributed by atoms with Crippen molar-refractivity contribution >= 4 is 27.5 Å². The summed E-state index contributed by atoms with van der Waals surface area (Å²) >= 11 is 1.18. The van der Waals surface area contributed by atoms with Gasteiger partial charge in [-0.2, -0.15) is 0 Å². The first-order chi connectivity index (χ1) is 10.8. The number of fused-ring (bicyclic) bond motifs is 1. The number of nitrogens with zero attached hydrogens (tertiary/aromatic N) is 3. The maximum Gasteiger partial charge on any atom is 0.331 e. The Labute approximate surface area is 136 Å². The van der Waals surface area contributed by atoms with Gasteiger partial charge in [-0.15, -0.1) is 11.3 Å². The van der Waals surface area contributed by atoms with Crippen molar-refractivity contribution in [1.82, 2.24) is 14.0 Å². The van der Waals surface area contributed by atoms with Gasteiger partial charge in [0.1, 0.15) is 4.83 Å². The van der Waals surface area contributed by atoms with Gasteiger partial charge in [0, 0.05) is 27.2 Å². The second kappa shape index (κ2) is 5.61. The van der Waals surface area contributed by atoms with Crippen LogP contribution in [0.15, 0.2) is 15.7 Å². The normalized spacial score (nSPS) is 21.8. The molecule has 0 spiro atoms. The Kier molecular flexibility index (Phi) is 3.89. The van der Waals surface area contributed by atoms with Gasteiger partial charge in [-0.1, -0.05) is 0 Å². The second-order valence-corrected chi connectivity index (χ2v) is 7.03. The smallest absolute Gasteiger partial charge is 0.331 e. The maximum absolute atomic E-state index is 12.7. The lowest BCUT2D eigenvalue weighted by Gasteiger charge is -2.35. The molecule has 1 aliphatic rings. The molecule has 0 radical (unpaired) electrons. The first kappa shape index (κ1) is 15.9. The summed E-state index contributed by atoms with van der Waals surface area (Å²) in [6.07, 6.45) is -0.0383. The molecule has 1 fully saturated rings. The number of thiophene rings is 1. The molecule has 8 heteroatoms. The summed E-state index contributed by atoms with van der Waals surface area (Å²) in [7, 11) is 3.04. The molecule has 0 aliphatic carbocycles. The minimum atomic E-state index is -0.392. The van der Waals surface area contributed by atoms with E-state index in [1.165, 1.54) is 23.0 Å². The molecule has 2 atom stereocenters. The quantitative estimate of drug-likeness (QED) is 0.762. The predicted octanol–water partition coefficient (Wildman–Crippen LogP) is 0.548. The molecule has 1 saturated heterocycles. The zero-order valence-corrected chi connectivity index (χ0v) is 14.3. The van der Waals surface area contributed by atoms with Gasteiger partial charge in [0.05, 0.1) is 22.5 Å². The largest absolute Gasteiger partial charge is 0.372 e. The molecule has 0 bridgehead atoms. The molecule has 2 aromatic heterocycles. The molecule has 0 N–H and O–H groups in total. The fourth-order valence-electron chi connectivity index (χ4n) is 2.97. The molecule has 0 aromatic carbocycles. The van der Waals surface area contributed by atoms with Gasteiger partial charge in [0.15, 0.2) is 0 Å². The average Bonchev–Trinajstić information content (AvgIpc) is 2.94. The van der Waals surface area contributed by atoms with E-state index in [0.29, 0.717) is 28.2 Å². The summed E-state index contributed by atoms with van der Waals surface area (Å²) in [5, 5.41) is 0.400. The van der Waals surface area contributed by atoms with E-state index in [9.17, 15) is 14.4 Å². The van der Waals surface area contributed by atoms with Crippen LogP contribution in [0.3, 0.4) is 0 Å². The van der Waals surface area contributed by atoms with Crippen LogP contribution in [-0.2, 0) is 18.8 Å². The van der Waals surface area contributed by atoms with Crippen LogP contribution in [-0.4, -0.2) is 45.2 Å². The van der Waals surface area contributed by atoms with E-state index in [2.05, 4.69) is 0 Å². The van der Waals surface area contributed by atoms with Gasteiger partial charge in [-0.05, 0) is 19.9 Å². The Balaban J connectivity index is 2.06. The van der Waals surface area contributed by atoms with E-state index >= 15 is 0 Å². The molecule has 7 nitrogen and oxygen atoms in total. The lowest BCUT2D eigenvalue weighted by atomic mass is 10.2. The third kappa shape index (κ3) is 2.61. The maximum atomic E-state index is 12.7. The van der Waals surface area contributed by atoms with Crippen LogP contribution in [0, 0.1) is 0 Å². The van der Waals surface area contributed by atoms with E-state index in [4.69, 9.17) is 4.74 Å². The van der Waals surface area contributed by atoms with Crippen molar-refractivity contribution in [2.45, 2.75) is 26.1 Å². The molecule has 0 saturated carbocycles. The fourth-order valence-corrected chi connectivity index (χ4v) is 4.04. The summed E-state index contributed by atoms with van der Waals surface area (Å²) in [4.78, 5) is 39.7. The highest BCUT2D eigenvalue weighted by Gasteiger charge is 2.28. The molecule has 23 heavy (non-hydrogen) atoms. The molecule has 1 aliphatic heterocycles. The number of ether oxygens (including phenoxy) is 1. The number of amides is 1. The van der Waals surface area contributed by atoms with Gasteiger partial charge < -0.3 is 9.64 Å². The number of morpholine rings is 1. The second-order valence-electron chi connectivity index (χ2n) is 6.00. The molecule has 3 rings (SSSR count). The number of aryl methyl sites for hydroxylation is 1. The van der Waals surface area contributed by atoms with E-state index in [1.54, 1.807) is 18.0 Å². The zero-order chi connectivity index (χ0) is 16.9. The van der Waals surface area contributed by atoms with Gasteiger partial charge in [0.25, 0.3) is 11.5 Å². The van der Waals surface area contributed by atoms with Crippen LogP contribution >= 0.6 is 11.3 Å².